The quantitative estimate of drug-likeness (QED) is 0.643. The second-order valence-corrected chi connectivity index (χ2v) is 9.67. The predicted octanol–water partition coefficient (Wildman–Crippen LogP) is 3.06. The summed E-state index contributed by atoms with van der Waals surface area (Å²) in [4.78, 5) is 41.0. The fraction of sp³-hybridized carbons (Fsp3) is 0.455. The van der Waals surface area contributed by atoms with E-state index >= 15 is 0 Å². The smallest absolute Gasteiger partial charge is 0.324 e. The van der Waals surface area contributed by atoms with Crippen molar-refractivity contribution in [2.45, 2.75) is 52.8 Å². The van der Waals surface area contributed by atoms with Crippen LogP contribution in [0.2, 0.25) is 0 Å². The molecule has 10 heteroatoms. The van der Waals surface area contributed by atoms with Crippen LogP contribution in [0.3, 0.4) is 0 Å². The molecule has 1 fully saturated rings. The summed E-state index contributed by atoms with van der Waals surface area (Å²) in [5.41, 5.74) is -0.175. The number of nitrogens with zero attached hydrogens (tertiary/aromatic N) is 2. The van der Waals surface area contributed by atoms with Gasteiger partial charge in [0.05, 0.1) is 5.69 Å². The predicted molar refractivity (Wildman–Crippen MR) is 118 cm³/mol. The van der Waals surface area contributed by atoms with Crippen molar-refractivity contribution in [2.24, 2.45) is 10.4 Å². The Kier molecular flexibility index (Phi) is 7.57. The van der Waals surface area contributed by atoms with E-state index in [2.05, 4.69) is 15.6 Å². The third-order valence-electron chi connectivity index (χ3n) is 4.73. The van der Waals surface area contributed by atoms with Gasteiger partial charge in [-0.1, -0.05) is 20.8 Å². The zero-order valence-corrected chi connectivity index (χ0v) is 19.1. The van der Waals surface area contributed by atoms with Gasteiger partial charge >= 0.3 is 5.97 Å². The summed E-state index contributed by atoms with van der Waals surface area (Å²) in [6.07, 6.45) is 3.56. The first-order valence-corrected chi connectivity index (χ1v) is 11.2. The van der Waals surface area contributed by atoms with E-state index in [-0.39, 0.29) is 47.7 Å². The van der Waals surface area contributed by atoms with Gasteiger partial charge < -0.3 is 15.4 Å². The first kappa shape index (κ1) is 23.8. The maximum absolute atomic E-state index is 14.4. The van der Waals surface area contributed by atoms with E-state index in [1.165, 1.54) is 28.0 Å². The first-order chi connectivity index (χ1) is 15.1. The maximum atomic E-state index is 14.4. The SMILES string of the molecule is CC(C)(C)CC(=O)Nc1ccc(C(=O)N=c2sccn2COC(=O)C2CCCN2)cc1F. The number of halogens is 1. The largest absolute Gasteiger partial charge is 0.443 e. The number of nitrogens with one attached hydrogen (secondary N) is 2. The standard InChI is InChI=1S/C22H27FN4O4S/c1-22(2,3)12-18(28)25-16-7-6-14(11-15(16)23)19(29)26-21-27(9-10-32-21)13-31-20(30)17-5-4-8-24-17/h6-7,9-11,17,24H,4-5,8,12-13H2,1-3H3,(H,25,28). The minimum absolute atomic E-state index is 0.00872. The number of hydrogen-bond donors (Lipinski definition) is 2. The number of thiazole rings is 1. The van der Waals surface area contributed by atoms with E-state index in [0.717, 1.165) is 25.5 Å². The van der Waals surface area contributed by atoms with Crippen molar-refractivity contribution in [3.8, 4) is 0 Å². The Morgan fingerprint density at radius 1 is 1.34 bits per heavy atom. The molecule has 172 valence electrons. The number of ether oxygens (including phenoxy) is 1. The molecule has 1 aliphatic rings. The number of carbonyl (C=O) groups is 3. The number of anilines is 1. The summed E-state index contributed by atoms with van der Waals surface area (Å²) in [5.74, 6) is -2.01. The fourth-order valence-corrected chi connectivity index (χ4v) is 3.90. The molecule has 1 aromatic heterocycles. The number of aromatic nitrogens is 1. The molecule has 0 spiro atoms. The highest BCUT2D eigenvalue weighted by Gasteiger charge is 2.23. The van der Waals surface area contributed by atoms with Gasteiger partial charge in [0.1, 0.15) is 11.9 Å². The second-order valence-electron chi connectivity index (χ2n) is 8.79. The molecule has 0 bridgehead atoms. The van der Waals surface area contributed by atoms with Crippen LogP contribution in [0.15, 0.2) is 34.8 Å². The molecule has 3 rings (SSSR count). The van der Waals surface area contributed by atoms with E-state index in [0.29, 0.717) is 4.80 Å². The Morgan fingerprint density at radius 3 is 2.78 bits per heavy atom. The molecular weight excluding hydrogens is 435 g/mol. The van der Waals surface area contributed by atoms with Gasteiger partial charge in [-0.3, -0.25) is 19.0 Å². The third kappa shape index (κ3) is 6.57. The Morgan fingerprint density at radius 2 is 2.12 bits per heavy atom. The van der Waals surface area contributed by atoms with Crippen molar-refractivity contribution in [3.05, 3.63) is 46.0 Å². The van der Waals surface area contributed by atoms with Crippen molar-refractivity contribution in [2.75, 3.05) is 11.9 Å². The van der Waals surface area contributed by atoms with Gasteiger partial charge in [0, 0.05) is 23.6 Å². The number of rotatable bonds is 6. The molecule has 2 heterocycles. The van der Waals surface area contributed by atoms with Crippen molar-refractivity contribution in [1.82, 2.24) is 9.88 Å². The minimum Gasteiger partial charge on any atom is -0.443 e. The van der Waals surface area contributed by atoms with Gasteiger partial charge in [-0.2, -0.15) is 4.99 Å². The molecule has 0 radical (unpaired) electrons. The lowest BCUT2D eigenvalue weighted by Gasteiger charge is -2.17. The van der Waals surface area contributed by atoms with E-state index in [1.807, 2.05) is 20.8 Å². The highest BCUT2D eigenvalue weighted by atomic mass is 32.1. The van der Waals surface area contributed by atoms with Crippen LogP contribution in [-0.4, -0.2) is 34.9 Å². The van der Waals surface area contributed by atoms with Crippen molar-refractivity contribution < 1.29 is 23.5 Å². The molecule has 1 aliphatic heterocycles. The zero-order chi connectivity index (χ0) is 23.3. The van der Waals surface area contributed by atoms with Gasteiger partial charge in [-0.05, 0) is 43.0 Å². The highest BCUT2D eigenvalue weighted by Crippen LogP contribution is 2.21. The van der Waals surface area contributed by atoms with Crippen LogP contribution in [0.4, 0.5) is 10.1 Å². The molecule has 1 aromatic carbocycles. The van der Waals surface area contributed by atoms with Crippen LogP contribution in [-0.2, 0) is 21.1 Å². The number of carbonyl (C=O) groups excluding carboxylic acids is 3. The summed E-state index contributed by atoms with van der Waals surface area (Å²) >= 11 is 1.20. The molecule has 0 saturated carbocycles. The summed E-state index contributed by atoms with van der Waals surface area (Å²) in [6.45, 7) is 6.46. The van der Waals surface area contributed by atoms with E-state index < -0.39 is 11.7 Å². The number of amides is 2. The minimum atomic E-state index is -0.717. The normalized spacial score (nSPS) is 16.8. The van der Waals surface area contributed by atoms with Crippen molar-refractivity contribution in [1.29, 1.82) is 0 Å². The lowest BCUT2D eigenvalue weighted by molar-refractivity contribution is -0.149. The average Bonchev–Trinajstić information content (AvgIpc) is 3.38. The number of esters is 1. The van der Waals surface area contributed by atoms with E-state index in [4.69, 9.17) is 4.74 Å². The molecule has 1 atom stereocenters. The van der Waals surface area contributed by atoms with Gasteiger partial charge in [0.15, 0.2) is 11.5 Å². The Bertz CT molecular complexity index is 1060. The molecule has 8 nitrogen and oxygen atoms in total. The Labute approximate surface area is 189 Å². The number of hydrogen-bond acceptors (Lipinski definition) is 6. The summed E-state index contributed by atoms with van der Waals surface area (Å²) in [7, 11) is 0. The van der Waals surface area contributed by atoms with Gasteiger partial charge in [-0.25, -0.2) is 4.39 Å². The molecule has 32 heavy (non-hydrogen) atoms. The highest BCUT2D eigenvalue weighted by molar-refractivity contribution is 7.07. The summed E-state index contributed by atoms with van der Waals surface area (Å²) in [6, 6.07) is 3.49. The molecule has 2 N–H and O–H groups in total. The lowest BCUT2D eigenvalue weighted by atomic mass is 9.92. The fourth-order valence-electron chi connectivity index (χ4n) is 3.18. The monoisotopic (exact) mass is 462 g/mol. The van der Waals surface area contributed by atoms with E-state index in [9.17, 15) is 18.8 Å². The average molecular weight is 463 g/mol. The van der Waals surface area contributed by atoms with Crippen molar-refractivity contribution in [3.63, 3.8) is 0 Å². The molecular formula is C22H27FN4O4S. The van der Waals surface area contributed by atoms with Gasteiger partial charge in [-0.15, -0.1) is 11.3 Å². The Balaban J connectivity index is 1.66. The van der Waals surface area contributed by atoms with Crippen LogP contribution < -0.4 is 15.4 Å². The Hall–Kier alpha value is -2.85. The van der Waals surface area contributed by atoms with Crippen LogP contribution in [0.1, 0.15) is 50.4 Å². The van der Waals surface area contributed by atoms with E-state index in [1.54, 1.807) is 11.6 Å². The molecule has 2 amide bonds. The summed E-state index contributed by atoms with van der Waals surface area (Å²) in [5, 5.41) is 7.30. The van der Waals surface area contributed by atoms with Crippen molar-refractivity contribution >= 4 is 34.8 Å². The topological polar surface area (TPSA) is 102 Å². The molecule has 1 unspecified atom stereocenters. The van der Waals surface area contributed by atoms with Gasteiger partial charge in [0.2, 0.25) is 5.91 Å². The third-order valence-corrected chi connectivity index (χ3v) is 5.52. The van der Waals surface area contributed by atoms with Crippen LogP contribution in [0, 0.1) is 11.2 Å². The number of benzene rings is 1. The zero-order valence-electron chi connectivity index (χ0n) is 18.3. The van der Waals surface area contributed by atoms with Crippen LogP contribution >= 0.6 is 11.3 Å². The van der Waals surface area contributed by atoms with Crippen LogP contribution in [0.5, 0.6) is 0 Å². The maximum Gasteiger partial charge on any atom is 0.324 e. The molecule has 2 aromatic rings. The van der Waals surface area contributed by atoms with Crippen LogP contribution in [0.25, 0.3) is 0 Å². The lowest BCUT2D eigenvalue weighted by Crippen LogP contribution is -2.33. The van der Waals surface area contributed by atoms with Gasteiger partial charge in [0.25, 0.3) is 5.91 Å². The molecule has 0 aliphatic carbocycles. The molecule has 1 saturated heterocycles. The first-order valence-electron chi connectivity index (χ1n) is 10.3. The summed E-state index contributed by atoms with van der Waals surface area (Å²) < 4.78 is 21.3. The second kappa shape index (κ2) is 10.2.